The molecule has 1 fully saturated rings. The molecule has 1 aromatic carbocycles. The van der Waals surface area contributed by atoms with Gasteiger partial charge in [0.15, 0.2) is 12.1 Å². The summed E-state index contributed by atoms with van der Waals surface area (Å²) in [6.07, 6.45) is -4.97. The van der Waals surface area contributed by atoms with Crippen LogP contribution in [0.25, 0.3) is 0 Å². The van der Waals surface area contributed by atoms with Crippen molar-refractivity contribution < 1.29 is 48.1 Å². The van der Waals surface area contributed by atoms with E-state index < -0.39 is 64.0 Å². The highest BCUT2D eigenvalue weighted by Crippen LogP contribution is 2.55. The Hall–Kier alpha value is -2.53. The van der Waals surface area contributed by atoms with Crippen LogP contribution < -0.4 is 16.5 Å². The monoisotopic (exact) mass is 750 g/mol. The first-order valence-corrected chi connectivity index (χ1v) is 20.1. The van der Waals surface area contributed by atoms with Gasteiger partial charge in [-0.25, -0.2) is 9.59 Å². The number of nitrogens with one attached hydrogen (secondary N) is 1. The summed E-state index contributed by atoms with van der Waals surface area (Å²) in [7, 11) is -8.26. The van der Waals surface area contributed by atoms with Crippen molar-refractivity contribution in [2.75, 3.05) is 51.8 Å². The Morgan fingerprint density at radius 1 is 0.900 bits per heavy atom. The molecule has 3 rings (SSSR count). The molecule has 1 unspecified atom stereocenters. The molecule has 2 aromatic rings. The fraction of sp³-hybridized carbons (Fsp3) is 0.645. The molecule has 1 aromatic heterocycles. The molecule has 17 nitrogen and oxygen atoms in total. The predicted molar refractivity (Wildman–Crippen MR) is 189 cm³/mol. The van der Waals surface area contributed by atoms with Crippen LogP contribution in [0, 0.1) is 0 Å². The van der Waals surface area contributed by atoms with Gasteiger partial charge in [0.05, 0.1) is 6.61 Å². The lowest BCUT2D eigenvalue weighted by molar-refractivity contribution is -0.0529. The van der Waals surface area contributed by atoms with Crippen molar-refractivity contribution in [1.82, 2.24) is 24.3 Å². The van der Waals surface area contributed by atoms with Crippen LogP contribution >= 0.6 is 15.2 Å². The number of amides is 2. The minimum Gasteiger partial charge on any atom is -0.387 e. The molecule has 0 radical (unpaired) electrons. The molecule has 50 heavy (non-hydrogen) atoms. The van der Waals surface area contributed by atoms with Gasteiger partial charge in [-0.3, -0.25) is 18.3 Å². The van der Waals surface area contributed by atoms with Crippen molar-refractivity contribution in [2.45, 2.75) is 72.6 Å². The summed E-state index contributed by atoms with van der Waals surface area (Å²) in [5.41, 5.74) is 0.0808. The molecule has 1 aliphatic rings. The van der Waals surface area contributed by atoms with E-state index >= 15 is 0 Å². The fourth-order valence-electron chi connectivity index (χ4n) is 4.72. The second-order valence-electron chi connectivity index (χ2n) is 11.2. The molecule has 0 saturated carbocycles. The fourth-order valence-corrected chi connectivity index (χ4v) is 7.29. The number of urea groups is 1. The molecule has 6 N–H and O–H groups in total. The summed E-state index contributed by atoms with van der Waals surface area (Å²) < 4.78 is 34.8. The standard InChI is InChI=1S/C19H26N4O11P2.2C6H15N/c1-22-14(21-18(26)20-9-12-5-3-2-4-6-12)7-8-23(19(22)27)17-16(25)15(24)13(34-17)10-33-36(31,32)11-35(28,29)30;2*1-4-7(5-2)6-3/h2-8,13,15-17,24-25H,9-11H2,1H3,(H,20,26)(H,31,32)(H2,28,29,30);2*4-6H2,1-3H3/b21-14-;;/t13-,15-,16-,17-;;/m1../s1. The third-order valence-electron chi connectivity index (χ3n) is 7.84. The minimum atomic E-state index is -4.86. The number of carbonyl (C=O) groups excluding carboxylic acids is 1. The third kappa shape index (κ3) is 15.8. The predicted octanol–water partition coefficient (Wildman–Crippen LogP) is 1.65. The Balaban J connectivity index is 0.000000748. The molecule has 0 aliphatic carbocycles. The second kappa shape index (κ2) is 22.4. The van der Waals surface area contributed by atoms with Gasteiger partial charge in [0.2, 0.25) is 0 Å². The SMILES string of the molecule is CCN(CC)CC.CCN(CC)CC.Cn1c(=O)n([C@@H]2O[C@H](COP(=O)(O)CP(=O)(O)O)[C@@H](O)[C@H]2O)cc/c1=N/C(=O)NCc1ccccc1. The topological polar surface area (TPSA) is 229 Å². The maximum absolute atomic E-state index is 12.8. The van der Waals surface area contributed by atoms with Crippen molar-refractivity contribution in [3.8, 4) is 0 Å². The number of benzene rings is 1. The van der Waals surface area contributed by atoms with Gasteiger partial charge >= 0.3 is 26.9 Å². The number of aliphatic hydroxyl groups excluding tert-OH is 2. The maximum atomic E-state index is 12.8. The number of aromatic nitrogens is 2. The quantitative estimate of drug-likeness (QED) is 0.151. The van der Waals surface area contributed by atoms with Crippen molar-refractivity contribution in [3.05, 3.63) is 64.1 Å². The maximum Gasteiger partial charge on any atom is 0.343 e. The van der Waals surface area contributed by atoms with Crippen LogP contribution in [0.15, 0.2) is 52.4 Å². The summed E-state index contributed by atoms with van der Waals surface area (Å²) in [5.74, 6) is -1.44. The largest absolute Gasteiger partial charge is 0.387 e. The molecule has 2 amide bonds. The normalized spacial score (nSPS) is 20.5. The third-order valence-corrected chi connectivity index (χ3v) is 11.3. The Kier molecular flexibility index (Phi) is 20.4. The molecule has 19 heteroatoms. The number of hydrogen-bond donors (Lipinski definition) is 6. The van der Waals surface area contributed by atoms with E-state index in [1.165, 1.54) is 58.6 Å². The van der Waals surface area contributed by atoms with Gasteiger partial charge in [-0.2, -0.15) is 4.99 Å². The highest BCUT2D eigenvalue weighted by molar-refractivity contribution is 7.70. The molecule has 0 bridgehead atoms. The molecule has 286 valence electrons. The number of hydrogen-bond acceptors (Lipinski definition) is 10. The first-order valence-electron chi connectivity index (χ1n) is 16.6. The second-order valence-corrected chi connectivity index (χ2v) is 15.2. The van der Waals surface area contributed by atoms with E-state index in [-0.39, 0.29) is 12.0 Å². The number of aliphatic hydroxyl groups is 2. The van der Waals surface area contributed by atoms with Gasteiger partial charge in [0.25, 0.3) is 0 Å². The average molecular weight is 751 g/mol. The highest BCUT2D eigenvalue weighted by atomic mass is 31.2. The molecule has 2 heterocycles. The van der Waals surface area contributed by atoms with Crippen molar-refractivity contribution in [1.29, 1.82) is 0 Å². The summed E-state index contributed by atoms with van der Waals surface area (Å²) in [6, 6.07) is 9.71. The summed E-state index contributed by atoms with van der Waals surface area (Å²) >= 11 is 0. The van der Waals surface area contributed by atoms with Gasteiger partial charge in [-0.1, -0.05) is 71.9 Å². The van der Waals surface area contributed by atoms with E-state index in [4.69, 9.17) is 14.5 Å². The van der Waals surface area contributed by atoms with Gasteiger partial charge in [-0.15, -0.1) is 0 Å². The van der Waals surface area contributed by atoms with Crippen LogP contribution in [0.5, 0.6) is 0 Å². The lowest BCUT2D eigenvalue weighted by atomic mass is 10.1. The van der Waals surface area contributed by atoms with Gasteiger partial charge in [0.1, 0.15) is 23.8 Å². The van der Waals surface area contributed by atoms with E-state index in [1.807, 2.05) is 30.3 Å². The van der Waals surface area contributed by atoms with Crippen molar-refractivity contribution >= 4 is 21.2 Å². The lowest BCUT2D eigenvalue weighted by Gasteiger charge is -2.19. The highest BCUT2D eigenvalue weighted by Gasteiger charge is 2.45. The van der Waals surface area contributed by atoms with Crippen molar-refractivity contribution in [2.24, 2.45) is 12.0 Å². The minimum absolute atomic E-state index is 0.00612. The molecular formula is C31H56N6O11P2. The Labute approximate surface area is 293 Å². The van der Waals surface area contributed by atoms with E-state index in [9.17, 15) is 33.8 Å². The molecule has 5 atom stereocenters. The smallest absolute Gasteiger partial charge is 0.343 e. The first kappa shape index (κ1) is 45.5. The lowest BCUT2D eigenvalue weighted by Crippen LogP contribution is -2.42. The first-order chi connectivity index (χ1) is 23.5. The van der Waals surface area contributed by atoms with Crippen LogP contribution in [0.4, 0.5) is 4.79 Å². The van der Waals surface area contributed by atoms with E-state index in [0.717, 1.165) is 14.7 Å². The van der Waals surface area contributed by atoms with Crippen LogP contribution in [-0.4, -0.2) is 120 Å². The van der Waals surface area contributed by atoms with Crippen LogP contribution in [0.2, 0.25) is 0 Å². The Morgan fingerprint density at radius 3 is 1.88 bits per heavy atom. The summed E-state index contributed by atoms with van der Waals surface area (Å²) in [6.45, 7) is 19.7. The van der Waals surface area contributed by atoms with E-state index in [2.05, 4.69) is 66.2 Å². The van der Waals surface area contributed by atoms with E-state index in [1.54, 1.807) is 0 Å². The van der Waals surface area contributed by atoms with E-state index in [0.29, 0.717) is 0 Å². The van der Waals surface area contributed by atoms with Gasteiger partial charge < -0.3 is 49.3 Å². The number of rotatable bonds is 14. The Bertz CT molecular complexity index is 1490. The molecule has 1 saturated heterocycles. The molecule has 0 spiro atoms. The summed E-state index contributed by atoms with van der Waals surface area (Å²) in [4.78, 5) is 60.9. The number of nitrogens with zero attached hydrogens (tertiary/aromatic N) is 5. The zero-order chi connectivity index (χ0) is 38.1. The zero-order valence-electron chi connectivity index (χ0n) is 30.0. The number of carbonyl (C=O) groups is 1. The molecular weight excluding hydrogens is 694 g/mol. The van der Waals surface area contributed by atoms with Crippen molar-refractivity contribution in [3.63, 3.8) is 0 Å². The summed E-state index contributed by atoms with van der Waals surface area (Å²) in [5, 5.41) is 23.2. The van der Waals surface area contributed by atoms with Gasteiger partial charge in [0, 0.05) is 19.8 Å². The van der Waals surface area contributed by atoms with Gasteiger partial charge in [-0.05, 0) is 50.9 Å². The Morgan fingerprint density at radius 2 is 1.42 bits per heavy atom. The van der Waals surface area contributed by atoms with Crippen LogP contribution in [0.3, 0.4) is 0 Å². The van der Waals surface area contributed by atoms with Crippen LogP contribution in [-0.2, 0) is 32.0 Å². The van der Waals surface area contributed by atoms with Crippen LogP contribution in [0.1, 0.15) is 53.3 Å². The average Bonchev–Trinajstić information content (AvgIpc) is 3.35. The molecule has 1 aliphatic heterocycles. The zero-order valence-corrected chi connectivity index (χ0v) is 31.8. The number of ether oxygens (including phenoxy) is 1.